The Kier molecular flexibility index (Phi) is 3.30. The molecule has 0 aromatic carbocycles. The summed E-state index contributed by atoms with van der Waals surface area (Å²) in [6.07, 6.45) is 4.03. The molecule has 0 fully saturated rings. The quantitative estimate of drug-likeness (QED) is 0.813. The molecule has 1 unspecified atom stereocenters. The first-order valence-corrected chi connectivity index (χ1v) is 5.34. The van der Waals surface area contributed by atoms with Crippen LogP contribution in [0.5, 0.6) is 0 Å². The van der Waals surface area contributed by atoms with Crippen molar-refractivity contribution in [2.24, 2.45) is 5.73 Å². The molecule has 5 nitrogen and oxygen atoms in total. The number of hydrogen-bond acceptors (Lipinski definition) is 5. The third-order valence-electron chi connectivity index (χ3n) is 2.32. The first-order chi connectivity index (χ1) is 8.20. The summed E-state index contributed by atoms with van der Waals surface area (Å²) in [4.78, 5) is 8.41. The van der Waals surface area contributed by atoms with Gasteiger partial charge in [0.15, 0.2) is 0 Å². The number of rotatable bonds is 4. The van der Waals surface area contributed by atoms with Crippen LogP contribution in [0.1, 0.15) is 23.9 Å². The SMILES string of the molecule is C=CCC(N)c1nc(-c2cc(C)ccn2)no1. The molecule has 0 amide bonds. The van der Waals surface area contributed by atoms with Crippen molar-refractivity contribution in [2.45, 2.75) is 19.4 Å². The summed E-state index contributed by atoms with van der Waals surface area (Å²) in [5.74, 6) is 0.867. The van der Waals surface area contributed by atoms with Gasteiger partial charge in [0, 0.05) is 6.20 Å². The van der Waals surface area contributed by atoms with Crippen LogP contribution in [-0.2, 0) is 0 Å². The molecular weight excluding hydrogens is 216 g/mol. The fraction of sp³-hybridized carbons (Fsp3) is 0.250. The molecule has 0 saturated carbocycles. The van der Waals surface area contributed by atoms with Crippen LogP contribution in [-0.4, -0.2) is 15.1 Å². The van der Waals surface area contributed by atoms with Crippen molar-refractivity contribution in [3.8, 4) is 11.5 Å². The van der Waals surface area contributed by atoms with E-state index in [-0.39, 0.29) is 6.04 Å². The van der Waals surface area contributed by atoms with Crippen LogP contribution in [0.15, 0.2) is 35.5 Å². The van der Waals surface area contributed by atoms with Crippen LogP contribution >= 0.6 is 0 Å². The van der Waals surface area contributed by atoms with E-state index in [1.54, 1.807) is 12.3 Å². The molecule has 0 bridgehead atoms. The molecule has 2 aromatic rings. The van der Waals surface area contributed by atoms with E-state index >= 15 is 0 Å². The number of pyridine rings is 1. The zero-order valence-corrected chi connectivity index (χ0v) is 9.63. The highest BCUT2D eigenvalue weighted by atomic mass is 16.5. The summed E-state index contributed by atoms with van der Waals surface area (Å²) >= 11 is 0. The number of aryl methyl sites for hydroxylation is 1. The second-order valence-corrected chi connectivity index (χ2v) is 3.81. The molecule has 17 heavy (non-hydrogen) atoms. The van der Waals surface area contributed by atoms with Gasteiger partial charge in [-0.15, -0.1) is 6.58 Å². The molecule has 2 N–H and O–H groups in total. The molecule has 88 valence electrons. The van der Waals surface area contributed by atoms with Gasteiger partial charge in [0.1, 0.15) is 5.69 Å². The van der Waals surface area contributed by atoms with Gasteiger partial charge in [-0.3, -0.25) is 4.98 Å². The van der Waals surface area contributed by atoms with Crippen molar-refractivity contribution in [3.05, 3.63) is 42.4 Å². The number of nitrogens with two attached hydrogens (primary N) is 1. The van der Waals surface area contributed by atoms with Gasteiger partial charge < -0.3 is 10.3 Å². The van der Waals surface area contributed by atoms with E-state index in [1.807, 2.05) is 19.1 Å². The average Bonchev–Trinajstić information content (AvgIpc) is 2.78. The van der Waals surface area contributed by atoms with Crippen molar-refractivity contribution >= 4 is 0 Å². The number of aromatic nitrogens is 3. The topological polar surface area (TPSA) is 77.8 Å². The minimum atomic E-state index is -0.307. The molecule has 0 radical (unpaired) electrons. The van der Waals surface area contributed by atoms with Gasteiger partial charge in [-0.2, -0.15) is 4.98 Å². The zero-order valence-electron chi connectivity index (χ0n) is 9.63. The highest BCUT2D eigenvalue weighted by Gasteiger charge is 2.14. The Morgan fingerprint density at radius 2 is 2.41 bits per heavy atom. The van der Waals surface area contributed by atoms with Gasteiger partial charge in [0.2, 0.25) is 11.7 Å². The maximum atomic E-state index is 5.84. The Morgan fingerprint density at radius 3 is 3.12 bits per heavy atom. The van der Waals surface area contributed by atoms with Crippen molar-refractivity contribution in [2.75, 3.05) is 0 Å². The monoisotopic (exact) mass is 230 g/mol. The molecule has 0 aliphatic carbocycles. The lowest BCUT2D eigenvalue weighted by Crippen LogP contribution is -2.09. The number of nitrogens with zero attached hydrogens (tertiary/aromatic N) is 3. The molecule has 1 atom stereocenters. The lowest BCUT2D eigenvalue weighted by molar-refractivity contribution is 0.355. The van der Waals surface area contributed by atoms with Gasteiger partial charge in [-0.05, 0) is 31.0 Å². The first-order valence-electron chi connectivity index (χ1n) is 5.34. The molecule has 2 rings (SSSR count). The summed E-state index contributed by atoms with van der Waals surface area (Å²) in [6.45, 7) is 5.60. The van der Waals surface area contributed by atoms with Crippen molar-refractivity contribution in [3.63, 3.8) is 0 Å². The lowest BCUT2D eigenvalue weighted by Gasteiger charge is -2.00. The highest BCUT2D eigenvalue weighted by molar-refractivity contribution is 5.48. The van der Waals surface area contributed by atoms with Crippen molar-refractivity contribution in [1.82, 2.24) is 15.1 Å². The van der Waals surface area contributed by atoms with Crippen LogP contribution in [0.4, 0.5) is 0 Å². The Balaban J connectivity index is 2.26. The van der Waals surface area contributed by atoms with Gasteiger partial charge >= 0.3 is 0 Å². The van der Waals surface area contributed by atoms with Crippen LogP contribution in [0.2, 0.25) is 0 Å². The maximum absolute atomic E-state index is 5.84. The van der Waals surface area contributed by atoms with Gasteiger partial charge in [-0.25, -0.2) is 0 Å². The first kappa shape index (κ1) is 11.5. The summed E-state index contributed by atoms with van der Waals surface area (Å²) in [5, 5.41) is 3.87. The summed E-state index contributed by atoms with van der Waals surface area (Å²) in [5.41, 5.74) is 7.62. The molecule has 0 spiro atoms. The summed E-state index contributed by atoms with van der Waals surface area (Å²) in [7, 11) is 0. The average molecular weight is 230 g/mol. The lowest BCUT2D eigenvalue weighted by atomic mass is 10.2. The fourth-order valence-electron chi connectivity index (χ4n) is 1.43. The smallest absolute Gasteiger partial charge is 0.244 e. The Bertz CT molecular complexity index is 521. The third-order valence-corrected chi connectivity index (χ3v) is 2.32. The second-order valence-electron chi connectivity index (χ2n) is 3.81. The van der Waals surface area contributed by atoms with E-state index in [0.717, 1.165) is 5.56 Å². The van der Waals surface area contributed by atoms with E-state index in [9.17, 15) is 0 Å². The molecular formula is C12H14N4O. The van der Waals surface area contributed by atoms with Gasteiger partial charge in [-0.1, -0.05) is 11.2 Å². The molecule has 2 heterocycles. The Hall–Kier alpha value is -2.01. The molecule has 2 aromatic heterocycles. The van der Waals surface area contributed by atoms with E-state index in [1.165, 1.54) is 0 Å². The fourth-order valence-corrected chi connectivity index (χ4v) is 1.43. The third kappa shape index (κ3) is 2.57. The van der Waals surface area contributed by atoms with Gasteiger partial charge in [0.05, 0.1) is 6.04 Å². The Labute approximate surface area is 99.4 Å². The molecule has 0 aliphatic rings. The molecule has 0 saturated heterocycles. The summed E-state index contributed by atoms with van der Waals surface area (Å²) in [6, 6.07) is 3.50. The van der Waals surface area contributed by atoms with Crippen molar-refractivity contribution in [1.29, 1.82) is 0 Å². The standard InChI is InChI=1S/C12H14N4O/c1-3-4-9(13)12-15-11(16-17-12)10-7-8(2)5-6-14-10/h3,5-7,9H,1,4,13H2,2H3. The van der Waals surface area contributed by atoms with Gasteiger partial charge in [0.25, 0.3) is 0 Å². The van der Waals surface area contributed by atoms with Crippen molar-refractivity contribution < 1.29 is 4.52 Å². The molecule has 0 aliphatic heterocycles. The number of hydrogen-bond donors (Lipinski definition) is 1. The minimum Gasteiger partial charge on any atom is -0.337 e. The zero-order chi connectivity index (χ0) is 12.3. The Morgan fingerprint density at radius 1 is 1.59 bits per heavy atom. The molecule has 5 heteroatoms. The van der Waals surface area contributed by atoms with E-state index in [4.69, 9.17) is 10.3 Å². The van der Waals surface area contributed by atoms with E-state index < -0.39 is 0 Å². The van der Waals surface area contributed by atoms with Crippen LogP contribution in [0.3, 0.4) is 0 Å². The summed E-state index contributed by atoms with van der Waals surface area (Å²) < 4.78 is 5.10. The van der Waals surface area contributed by atoms with Crippen LogP contribution < -0.4 is 5.73 Å². The van der Waals surface area contributed by atoms with Crippen LogP contribution in [0, 0.1) is 6.92 Å². The van der Waals surface area contributed by atoms with E-state index in [0.29, 0.717) is 23.8 Å². The highest BCUT2D eigenvalue weighted by Crippen LogP contribution is 2.18. The second kappa shape index (κ2) is 4.88. The van der Waals surface area contributed by atoms with E-state index in [2.05, 4.69) is 21.7 Å². The maximum Gasteiger partial charge on any atom is 0.244 e. The largest absolute Gasteiger partial charge is 0.337 e. The predicted molar refractivity (Wildman–Crippen MR) is 64.0 cm³/mol. The normalized spacial score (nSPS) is 12.4. The van der Waals surface area contributed by atoms with Crippen LogP contribution in [0.25, 0.3) is 11.5 Å². The predicted octanol–water partition coefficient (Wildman–Crippen LogP) is 2.02. The minimum absolute atomic E-state index is 0.307.